The molecular weight excluding hydrogens is 428 g/mol. The van der Waals surface area contributed by atoms with Crippen molar-refractivity contribution in [2.75, 3.05) is 6.54 Å². The summed E-state index contributed by atoms with van der Waals surface area (Å²) in [7, 11) is 0. The molecule has 9 heteroatoms. The molecule has 2 aliphatic heterocycles. The maximum Gasteiger partial charge on any atom is 0.273 e. The topological polar surface area (TPSA) is 81.1 Å². The number of hydrogen-bond donors (Lipinski definition) is 0. The van der Waals surface area contributed by atoms with Crippen LogP contribution in [0.25, 0.3) is 11.4 Å². The van der Waals surface area contributed by atoms with Crippen LogP contribution in [0, 0.1) is 12.8 Å². The summed E-state index contributed by atoms with van der Waals surface area (Å²) in [6.45, 7) is 2.54. The third-order valence-electron chi connectivity index (χ3n) is 6.30. The number of aromatic nitrogens is 4. The zero-order valence-corrected chi connectivity index (χ0v) is 18.1. The number of piperidine rings is 2. The average molecular weight is 451 g/mol. The number of halogens is 2. The van der Waals surface area contributed by atoms with Gasteiger partial charge in [-0.05, 0) is 55.9 Å². The standard InChI is InChI=1S/C24H23F2N5O2/c1-14-9-17(23-27-7-2-8-28-23)21(30-11-14)24(32)31-13-15-3-5-18(31)19(10-15)33-20-6-4-16(12-29-20)22(25)26/h2,4,6-9,11-12,15,18-19,22H,3,5,10,13H2,1H3/t15-,18+,19-/m1/s1. The maximum absolute atomic E-state index is 13.7. The maximum atomic E-state index is 13.7. The average Bonchev–Trinajstić information content (AvgIpc) is 2.85. The molecule has 6 rings (SSSR count). The van der Waals surface area contributed by atoms with E-state index in [-0.39, 0.29) is 29.5 Å². The fraction of sp³-hybridized carbons (Fsp3) is 0.375. The number of aryl methyl sites for hydroxylation is 1. The largest absolute Gasteiger partial charge is 0.472 e. The molecule has 33 heavy (non-hydrogen) atoms. The van der Waals surface area contributed by atoms with Crippen molar-refractivity contribution in [3.05, 3.63) is 65.9 Å². The second kappa shape index (κ2) is 8.80. The lowest BCUT2D eigenvalue weighted by Crippen LogP contribution is -2.59. The Morgan fingerprint density at radius 3 is 2.64 bits per heavy atom. The molecule has 2 bridgehead atoms. The van der Waals surface area contributed by atoms with Gasteiger partial charge in [0.05, 0.1) is 11.6 Å². The second-order valence-corrected chi connectivity index (χ2v) is 8.57. The van der Waals surface area contributed by atoms with Crippen LogP contribution in [0.15, 0.2) is 49.1 Å². The van der Waals surface area contributed by atoms with Gasteiger partial charge >= 0.3 is 0 Å². The summed E-state index contributed by atoms with van der Waals surface area (Å²) in [5.41, 5.74) is 1.68. The van der Waals surface area contributed by atoms with Gasteiger partial charge in [-0.2, -0.15) is 0 Å². The van der Waals surface area contributed by atoms with Gasteiger partial charge in [0, 0.05) is 43.0 Å². The number of ether oxygens (including phenoxy) is 1. The quantitative estimate of drug-likeness (QED) is 0.577. The van der Waals surface area contributed by atoms with Gasteiger partial charge in [-0.15, -0.1) is 0 Å². The van der Waals surface area contributed by atoms with Gasteiger partial charge in [-0.1, -0.05) is 0 Å². The van der Waals surface area contributed by atoms with Crippen molar-refractivity contribution in [2.45, 2.75) is 44.8 Å². The minimum Gasteiger partial charge on any atom is -0.472 e. The molecule has 1 saturated carbocycles. The van der Waals surface area contributed by atoms with E-state index >= 15 is 0 Å². The Hall–Kier alpha value is -3.49. The third kappa shape index (κ3) is 4.27. The summed E-state index contributed by atoms with van der Waals surface area (Å²) in [6, 6.07) is 6.23. The molecule has 3 aromatic rings. The Kier molecular flexibility index (Phi) is 5.70. The van der Waals surface area contributed by atoms with E-state index in [1.807, 2.05) is 17.9 Å². The summed E-state index contributed by atoms with van der Waals surface area (Å²) in [5, 5.41) is 0. The minimum atomic E-state index is -2.57. The first-order valence-electron chi connectivity index (χ1n) is 11.0. The van der Waals surface area contributed by atoms with Gasteiger partial charge in [0.25, 0.3) is 12.3 Å². The first-order chi connectivity index (χ1) is 16.0. The summed E-state index contributed by atoms with van der Waals surface area (Å²) >= 11 is 0. The zero-order chi connectivity index (χ0) is 22.9. The Labute approximate surface area is 189 Å². The van der Waals surface area contributed by atoms with Gasteiger partial charge in [0.1, 0.15) is 11.8 Å². The molecule has 3 fully saturated rings. The van der Waals surface area contributed by atoms with Crippen molar-refractivity contribution >= 4 is 5.91 Å². The lowest BCUT2D eigenvalue weighted by Gasteiger charge is -2.49. The fourth-order valence-corrected chi connectivity index (χ4v) is 4.72. The molecule has 0 spiro atoms. The molecule has 2 saturated heterocycles. The highest BCUT2D eigenvalue weighted by atomic mass is 19.3. The first-order valence-corrected chi connectivity index (χ1v) is 11.0. The van der Waals surface area contributed by atoms with E-state index in [4.69, 9.17) is 4.74 Å². The molecule has 1 amide bonds. The highest BCUT2D eigenvalue weighted by Crippen LogP contribution is 2.38. The Morgan fingerprint density at radius 2 is 1.94 bits per heavy atom. The number of carbonyl (C=O) groups excluding carboxylic acids is 1. The van der Waals surface area contributed by atoms with Gasteiger partial charge in [0.15, 0.2) is 5.82 Å². The van der Waals surface area contributed by atoms with E-state index in [0.717, 1.165) is 31.0 Å². The van der Waals surface area contributed by atoms with Crippen LogP contribution in [0.1, 0.15) is 47.3 Å². The van der Waals surface area contributed by atoms with Gasteiger partial charge in [-0.25, -0.2) is 23.7 Å². The summed E-state index contributed by atoms with van der Waals surface area (Å²) in [4.78, 5) is 32.6. The smallest absolute Gasteiger partial charge is 0.273 e. The van der Waals surface area contributed by atoms with Crippen molar-refractivity contribution in [2.24, 2.45) is 5.92 Å². The van der Waals surface area contributed by atoms with Gasteiger partial charge < -0.3 is 9.64 Å². The SMILES string of the molecule is Cc1cnc(C(=O)N2C[C@@H]3CC[C@H]2[C@H](Oc2ccc(C(F)F)cn2)C3)c(-c2ncccn2)c1. The van der Waals surface area contributed by atoms with E-state index in [2.05, 4.69) is 19.9 Å². The number of rotatable bonds is 5. The van der Waals surface area contributed by atoms with Gasteiger partial charge in [-0.3, -0.25) is 9.78 Å². The van der Waals surface area contributed by atoms with Crippen molar-refractivity contribution in [3.63, 3.8) is 0 Å². The molecule has 0 unspecified atom stereocenters. The highest BCUT2D eigenvalue weighted by Gasteiger charge is 2.45. The summed E-state index contributed by atoms with van der Waals surface area (Å²) < 4.78 is 31.7. The number of nitrogens with zero attached hydrogens (tertiary/aromatic N) is 5. The third-order valence-corrected chi connectivity index (χ3v) is 6.30. The van der Waals surface area contributed by atoms with Crippen LogP contribution in [0.5, 0.6) is 5.88 Å². The summed E-state index contributed by atoms with van der Waals surface area (Å²) in [6.07, 6.45) is 5.86. The highest BCUT2D eigenvalue weighted by molar-refractivity contribution is 5.98. The normalized spacial score (nSPS) is 21.9. The molecule has 1 aliphatic carbocycles. The van der Waals surface area contributed by atoms with Gasteiger partial charge in [0.2, 0.25) is 5.88 Å². The lowest BCUT2D eigenvalue weighted by molar-refractivity contribution is -0.0316. The number of hydrogen-bond acceptors (Lipinski definition) is 6. The van der Waals surface area contributed by atoms with Crippen LogP contribution >= 0.6 is 0 Å². The number of alkyl halides is 2. The van der Waals surface area contributed by atoms with Crippen molar-refractivity contribution in [3.8, 4) is 17.3 Å². The predicted octanol–water partition coefficient (Wildman–Crippen LogP) is 4.25. The number of carbonyl (C=O) groups is 1. The fourth-order valence-electron chi connectivity index (χ4n) is 4.72. The Balaban J connectivity index is 1.40. The molecule has 3 aliphatic rings. The second-order valence-electron chi connectivity index (χ2n) is 8.57. The number of amides is 1. The zero-order valence-electron chi connectivity index (χ0n) is 18.1. The van der Waals surface area contributed by atoms with Crippen LogP contribution in [-0.2, 0) is 0 Å². The Bertz CT molecular complexity index is 1140. The van der Waals surface area contributed by atoms with Crippen molar-refractivity contribution < 1.29 is 18.3 Å². The molecule has 5 heterocycles. The molecule has 0 radical (unpaired) electrons. The van der Waals surface area contributed by atoms with Crippen molar-refractivity contribution in [1.82, 2.24) is 24.8 Å². The van der Waals surface area contributed by atoms with E-state index in [0.29, 0.717) is 29.5 Å². The minimum absolute atomic E-state index is 0.147. The lowest BCUT2D eigenvalue weighted by atomic mass is 9.77. The van der Waals surface area contributed by atoms with Crippen LogP contribution in [0.4, 0.5) is 8.78 Å². The van der Waals surface area contributed by atoms with E-state index in [1.165, 1.54) is 12.1 Å². The monoisotopic (exact) mass is 451 g/mol. The first kappa shape index (κ1) is 21.4. The molecule has 7 nitrogen and oxygen atoms in total. The van der Waals surface area contributed by atoms with Crippen LogP contribution in [0.2, 0.25) is 0 Å². The van der Waals surface area contributed by atoms with Crippen LogP contribution < -0.4 is 4.74 Å². The molecule has 0 aromatic carbocycles. The van der Waals surface area contributed by atoms with E-state index < -0.39 is 6.43 Å². The molecule has 3 atom stereocenters. The molecular formula is C24H23F2N5O2. The van der Waals surface area contributed by atoms with E-state index in [9.17, 15) is 13.6 Å². The Morgan fingerprint density at radius 1 is 1.12 bits per heavy atom. The predicted molar refractivity (Wildman–Crippen MR) is 116 cm³/mol. The van der Waals surface area contributed by atoms with Crippen LogP contribution in [-0.4, -0.2) is 49.4 Å². The van der Waals surface area contributed by atoms with Crippen LogP contribution in [0.3, 0.4) is 0 Å². The summed E-state index contributed by atoms with van der Waals surface area (Å²) in [5.74, 6) is 0.860. The molecule has 0 N–H and O–H groups in total. The molecule has 170 valence electrons. The molecule has 3 aromatic heterocycles. The van der Waals surface area contributed by atoms with E-state index in [1.54, 1.807) is 24.7 Å². The van der Waals surface area contributed by atoms with Crippen molar-refractivity contribution in [1.29, 1.82) is 0 Å². The number of pyridine rings is 2. The number of fused-ring (bicyclic) bond motifs is 3.